The van der Waals surface area contributed by atoms with Gasteiger partial charge in [0.2, 0.25) is 5.91 Å². The van der Waals surface area contributed by atoms with Crippen LogP contribution in [-0.4, -0.2) is 33.9 Å². The molecule has 1 heterocycles. The molecule has 1 aliphatic carbocycles. The van der Waals surface area contributed by atoms with E-state index < -0.39 is 11.4 Å². The summed E-state index contributed by atoms with van der Waals surface area (Å²) in [6.07, 6.45) is 2.31. The highest BCUT2D eigenvalue weighted by molar-refractivity contribution is 7.89. The second-order valence-electron chi connectivity index (χ2n) is 5.31. The van der Waals surface area contributed by atoms with Gasteiger partial charge in [0.1, 0.15) is 0 Å². The summed E-state index contributed by atoms with van der Waals surface area (Å²) in [6, 6.07) is 7.64. The minimum atomic E-state index is -1.22. The summed E-state index contributed by atoms with van der Waals surface area (Å²) in [4.78, 5) is 12.6. The Bertz CT molecular complexity index is 487. The number of likely N-dealkylation sites (N-methyl/N-ethyl adjacent to an activating group) is 1. The van der Waals surface area contributed by atoms with Gasteiger partial charge >= 0.3 is 0 Å². The molecule has 0 bridgehead atoms. The van der Waals surface area contributed by atoms with Crippen LogP contribution in [0, 0.1) is 12.8 Å². The minimum absolute atomic E-state index is 0.0163. The van der Waals surface area contributed by atoms with Crippen LogP contribution in [0.15, 0.2) is 29.2 Å². The van der Waals surface area contributed by atoms with Crippen molar-refractivity contribution in [1.29, 1.82) is 0 Å². The van der Waals surface area contributed by atoms with E-state index in [-0.39, 0.29) is 18.0 Å². The van der Waals surface area contributed by atoms with Crippen molar-refractivity contribution < 1.29 is 9.35 Å². The maximum atomic E-state index is 12.5. The summed E-state index contributed by atoms with van der Waals surface area (Å²) >= 11 is -1.22. The maximum Gasteiger partial charge on any atom is 0.243 e. The zero-order chi connectivity index (χ0) is 13.6. The molecule has 1 N–H and O–H groups in total. The first-order chi connectivity index (χ1) is 9.13. The molecular weight excluding hydrogens is 260 g/mol. The van der Waals surface area contributed by atoms with Gasteiger partial charge in [-0.05, 0) is 37.8 Å². The number of aryl methyl sites for hydroxylation is 1. The van der Waals surface area contributed by atoms with Gasteiger partial charge in [0, 0.05) is 7.05 Å². The number of hydrogen-bond acceptors (Lipinski definition) is 3. The number of nitrogens with zero attached hydrogens (tertiary/aromatic N) is 1. The van der Waals surface area contributed by atoms with Gasteiger partial charge in [0.25, 0.3) is 0 Å². The first kappa shape index (κ1) is 13.0. The first-order valence-electron chi connectivity index (χ1n) is 6.62. The predicted octanol–water partition coefficient (Wildman–Crippen LogP) is 1.23. The lowest BCUT2D eigenvalue weighted by Gasteiger charge is -2.11. The van der Waals surface area contributed by atoms with Crippen molar-refractivity contribution in [2.24, 2.45) is 5.92 Å². The third kappa shape index (κ3) is 2.38. The highest BCUT2D eigenvalue weighted by Crippen LogP contribution is 2.49. The molecule has 2 fully saturated rings. The summed E-state index contributed by atoms with van der Waals surface area (Å²) in [6.45, 7) is 2.00. The lowest BCUT2D eigenvalue weighted by molar-refractivity contribution is -0.120. The molecule has 0 spiro atoms. The lowest BCUT2D eigenvalue weighted by Crippen LogP contribution is -2.28. The fourth-order valence-electron chi connectivity index (χ4n) is 2.54. The van der Waals surface area contributed by atoms with E-state index in [9.17, 15) is 9.35 Å². The SMILES string of the molecule is CNC(=O)C1C(C2CC2)N1[S@+]([O-])c1ccc(C)cc1. The van der Waals surface area contributed by atoms with Crippen molar-refractivity contribution in [2.45, 2.75) is 36.7 Å². The molecule has 0 aromatic heterocycles. The molecule has 1 saturated heterocycles. The summed E-state index contributed by atoms with van der Waals surface area (Å²) in [5.74, 6) is 0.536. The normalized spacial score (nSPS) is 30.8. The van der Waals surface area contributed by atoms with Crippen molar-refractivity contribution in [3.8, 4) is 0 Å². The number of carbonyl (C=O) groups excluding carboxylic acids is 1. The third-order valence-electron chi connectivity index (χ3n) is 3.84. The maximum absolute atomic E-state index is 12.5. The Morgan fingerprint density at radius 1 is 1.37 bits per heavy atom. The van der Waals surface area contributed by atoms with E-state index >= 15 is 0 Å². The monoisotopic (exact) mass is 278 g/mol. The minimum Gasteiger partial charge on any atom is -0.593 e. The molecule has 4 atom stereocenters. The van der Waals surface area contributed by atoms with Gasteiger partial charge in [-0.2, -0.15) is 0 Å². The van der Waals surface area contributed by atoms with Gasteiger partial charge in [-0.25, -0.2) is 0 Å². The zero-order valence-electron chi connectivity index (χ0n) is 11.1. The van der Waals surface area contributed by atoms with Gasteiger partial charge in [-0.15, -0.1) is 4.31 Å². The standard InChI is InChI=1S/C14H18N2O2S/c1-9-3-7-11(8-4-9)19(18)16-12(10-5-6-10)13(16)14(17)15-2/h3-4,7-8,10,12-13H,5-6H2,1-2H3,(H,15,17)/t12?,13?,16?,19-/m1/s1. The van der Waals surface area contributed by atoms with E-state index in [1.807, 2.05) is 35.5 Å². The Labute approximate surface area is 116 Å². The molecule has 0 radical (unpaired) electrons. The molecule has 19 heavy (non-hydrogen) atoms. The molecule has 3 unspecified atom stereocenters. The van der Waals surface area contributed by atoms with Crippen LogP contribution in [-0.2, 0) is 16.2 Å². The fraction of sp³-hybridized carbons (Fsp3) is 0.500. The van der Waals surface area contributed by atoms with Crippen molar-refractivity contribution in [2.75, 3.05) is 7.05 Å². The van der Waals surface area contributed by atoms with Gasteiger partial charge in [0.15, 0.2) is 10.9 Å². The van der Waals surface area contributed by atoms with E-state index in [0.29, 0.717) is 5.92 Å². The Kier molecular flexibility index (Phi) is 3.28. The first-order valence-corrected chi connectivity index (χ1v) is 7.72. The summed E-state index contributed by atoms with van der Waals surface area (Å²) in [5.41, 5.74) is 1.15. The average molecular weight is 278 g/mol. The fourth-order valence-corrected chi connectivity index (χ4v) is 4.03. The van der Waals surface area contributed by atoms with Gasteiger partial charge < -0.3 is 9.87 Å². The van der Waals surface area contributed by atoms with Crippen molar-refractivity contribution >= 4 is 17.3 Å². The summed E-state index contributed by atoms with van der Waals surface area (Å²) < 4.78 is 14.4. The van der Waals surface area contributed by atoms with Crippen molar-refractivity contribution in [3.05, 3.63) is 29.8 Å². The molecule has 2 aliphatic rings. The zero-order valence-corrected chi connectivity index (χ0v) is 11.9. The third-order valence-corrected chi connectivity index (χ3v) is 5.36. The molecule has 1 aliphatic heterocycles. The molecular formula is C14H18N2O2S. The number of benzene rings is 1. The van der Waals surface area contributed by atoms with Crippen LogP contribution in [0.1, 0.15) is 18.4 Å². The molecule has 5 heteroatoms. The highest BCUT2D eigenvalue weighted by atomic mass is 32.2. The van der Waals surface area contributed by atoms with Gasteiger partial charge in [0.05, 0.1) is 17.4 Å². The van der Waals surface area contributed by atoms with Crippen LogP contribution in [0.5, 0.6) is 0 Å². The van der Waals surface area contributed by atoms with E-state index in [1.165, 1.54) is 0 Å². The van der Waals surface area contributed by atoms with Crippen LogP contribution >= 0.6 is 0 Å². The second kappa shape index (κ2) is 4.81. The molecule has 3 rings (SSSR count). The van der Waals surface area contributed by atoms with Crippen LogP contribution in [0.2, 0.25) is 0 Å². The quantitative estimate of drug-likeness (QED) is 0.665. The molecule has 4 nitrogen and oxygen atoms in total. The van der Waals surface area contributed by atoms with Crippen LogP contribution in [0.25, 0.3) is 0 Å². The molecule has 1 saturated carbocycles. The van der Waals surface area contributed by atoms with E-state index in [2.05, 4.69) is 5.32 Å². The molecule has 1 amide bonds. The van der Waals surface area contributed by atoms with Crippen LogP contribution in [0.3, 0.4) is 0 Å². The Balaban J connectivity index is 1.77. The summed E-state index contributed by atoms with van der Waals surface area (Å²) in [5, 5.41) is 2.67. The second-order valence-corrected chi connectivity index (χ2v) is 6.70. The van der Waals surface area contributed by atoms with Crippen molar-refractivity contribution in [3.63, 3.8) is 0 Å². The number of rotatable bonds is 4. The van der Waals surface area contributed by atoms with Crippen LogP contribution in [0.4, 0.5) is 0 Å². The van der Waals surface area contributed by atoms with Gasteiger partial charge in [-0.3, -0.25) is 4.79 Å². The Hall–Kier alpha value is -1.04. The topological polar surface area (TPSA) is 55.2 Å². The summed E-state index contributed by atoms with van der Waals surface area (Å²) in [7, 11) is 1.64. The Morgan fingerprint density at radius 3 is 2.53 bits per heavy atom. The lowest BCUT2D eigenvalue weighted by atomic mass is 10.2. The molecule has 1 aromatic rings. The molecule has 1 aromatic carbocycles. The van der Waals surface area contributed by atoms with E-state index in [0.717, 1.165) is 23.3 Å². The average Bonchev–Trinajstić information content (AvgIpc) is 3.28. The predicted molar refractivity (Wildman–Crippen MR) is 73.8 cm³/mol. The largest absolute Gasteiger partial charge is 0.593 e. The number of carbonyl (C=O) groups is 1. The van der Waals surface area contributed by atoms with Gasteiger partial charge in [-0.1, -0.05) is 17.7 Å². The molecule has 102 valence electrons. The highest BCUT2D eigenvalue weighted by Gasteiger charge is 2.65. The Morgan fingerprint density at radius 2 is 2.00 bits per heavy atom. The van der Waals surface area contributed by atoms with E-state index in [4.69, 9.17) is 0 Å². The number of hydrogen-bond donors (Lipinski definition) is 1. The van der Waals surface area contributed by atoms with E-state index in [1.54, 1.807) is 7.05 Å². The smallest absolute Gasteiger partial charge is 0.243 e. The number of amides is 1. The van der Waals surface area contributed by atoms with Crippen molar-refractivity contribution in [1.82, 2.24) is 9.62 Å². The van der Waals surface area contributed by atoms with Crippen LogP contribution < -0.4 is 5.32 Å². The number of nitrogens with one attached hydrogen (secondary N) is 1.